The Hall–Kier alpha value is -1.56. The summed E-state index contributed by atoms with van der Waals surface area (Å²) in [6.07, 6.45) is 2.14. The summed E-state index contributed by atoms with van der Waals surface area (Å²) in [5.41, 5.74) is 0.195. The van der Waals surface area contributed by atoms with Crippen molar-refractivity contribution in [3.8, 4) is 0 Å². The number of aliphatic carboxylic acids is 1. The summed E-state index contributed by atoms with van der Waals surface area (Å²) in [6, 6.07) is 1.27. The molecule has 0 bridgehead atoms. The molecular formula is C14H20N2O3S. The van der Waals surface area contributed by atoms with Crippen molar-refractivity contribution in [1.29, 1.82) is 0 Å². The summed E-state index contributed by atoms with van der Waals surface area (Å²) in [4.78, 5) is 23.4. The van der Waals surface area contributed by atoms with E-state index >= 15 is 0 Å². The molecule has 0 radical (unpaired) electrons. The second-order valence-electron chi connectivity index (χ2n) is 5.56. The van der Waals surface area contributed by atoms with Crippen LogP contribution in [0.25, 0.3) is 0 Å². The molecule has 6 heteroatoms. The Labute approximate surface area is 122 Å². The fraction of sp³-hybridized carbons (Fsp3) is 0.571. The molecule has 110 valence electrons. The zero-order valence-electron chi connectivity index (χ0n) is 11.7. The van der Waals surface area contributed by atoms with Gasteiger partial charge in [-0.1, -0.05) is 6.42 Å². The van der Waals surface area contributed by atoms with E-state index in [0.717, 1.165) is 12.0 Å². The van der Waals surface area contributed by atoms with Gasteiger partial charge in [0.1, 0.15) is 0 Å². The first-order valence-corrected chi connectivity index (χ1v) is 7.70. The highest BCUT2D eigenvalue weighted by molar-refractivity contribution is 7.07. The summed E-state index contributed by atoms with van der Waals surface area (Å²) < 4.78 is 0. The molecule has 1 aromatic rings. The maximum absolute atomic E-state index is 12.0. The highest BCUT2D eigenvalue weighted by Crippen LogP contribution is 2.38. The molecule has 1 aliphatic rings. The van der Waals surface area contributed by atoms with Gasteiger partial charge in [0.05, 0.1) is 11.5 Å². The van der Waals surface area contributed by atoms with E-state index in [1.807, 2.05) is 23.8 Å². The van der Waals surface area contributed by atoms with Gasteiger partial charge >= 0.3 is 12.0 Å². The number of carboxylic acid groups (broad SMARTS) is 1. The van der Waals surface area contributed by atoms with Gasteiger partial charge in [0.15, 0.2) is 0 Å². The number of thiophene rings is 1. The van der Waals surface area contributed by atoms with E-state index in [1.165, 1.54) is 0 Å². The van der Waals surface area contributed by atoms with Gasteiger partial charge in [-0.05, 0) is 49.1 Å². The summed E-state index contributed by atoms with van der Waals surface area (Å²) in [5, 5.41) is 18.9. The Bertz CT molecular complexity index is 489. The Kier molecular flexibility index (Phi) is 4.32. The van der Waals surface area contributed by atoms with E-state index < -0.39 is 11.4 Å². The van der Waals surface area contributed by atoms with Gasteiger partial charge in [-0.25, -0.2) is 4.79 Å². The second kappa shape index (κ2) is 5.83. The van der Waals surface area contributed by atoms with E-state index in [9.17, 15) is 14.7 Å². The predicted molar refractivity (Wildman–Crippen MR) is 77.8 cm³/mol. The average molecular weight is 296 g/mol. The van der Waals surface area contributed by atoms with Crippen molar-refractivity contribution >= 4 is 23.3 Å². The van der Waals surface area contributed by atoms with Crippen LogP contribution >= 0.6 is 11.3 Å². The molecule has 1 aliphatic carbocycles. The van der Waals surface area contributed by atoms with E-state index in [1.54, 1.807) is 18.3 Å². The standard InChI is InChI=1S/C14H20N2O3S/c1-9(10-5-7-20-8-10)15-13(19)16-11-4-3-6-14(11,2)12(17)18/h5,7-9,11H,3-4,6H2,1-2H3,(H,17,18)(H2,15,16,19). The Morgan fingerprint density at radius 2 is 2.30 bits per heavy atom. The molecule has 5 nitrogen and oxygen atoms in total. The van der Waals surface area contributed by atoms with Crippen molar-refractivity contribution in [2.45, 2.75) is 45.2 Å². The summed E-state index contributed by atoms with van der Waals surface area (Å²) >= 11 is 1.58. The van der Waals surface area contributed by atoms with Gasteiger partial charge in [0, 0.05) is 6.04 Å². The van der Waals surface area contributed by atoms with Crippen LogP contribution in [0.15, 0.2) is 16.8 Å². The maximum atomic E-state index is 12.0. The van der Waals surface area contributed by atoms with Crippen molar-refractivity contribution in [3.63, 3.8) is 0 Å². The molecule has 0 aromatic carbocycles. The lowest BCUT2D eigenvalue weighted by molar-refractivity contribution is -0.148. The number of carbonyl (C=O) groups is 2. The lowest BCUT2D eigenvalue weighted by Gasteiger charge is -2.28. The highest BCUT2D eigenvalue weighted by Gasteiger charge is 2.45. The third kappa shape index (κ3) is 2.95. The van der Waals surface area contributed by atoms with E-state index in [-0.39, 0.29) is 18.1 Å². The molecule has 1 saturated carbocycles. The molecule has 1 aromatic heterocycles. The van der Waals surface area contributed by atoms with Crippen LogP contribution in [0.2, 0.25) is 0 Å². The van der Waals surface area contributed by atoms with Crippen LogP contribution in [0.3, 0.4) is 0 Å². The smallest absolute Gasteiger partial charge is 0.315 e. The van der Waals surface area contributed by atoms with Crippen molar-refractivity contribution < 1.29 is 14.7 Å². The molecule has 0 spiro atoms. The fourth-order valence-electron chi connectivity index (χ4n) is 2.65. The molecule has 0 aliphatic heterocycles. The Balaban J connectivity index is 1.93. The second-order valence-corrected chi connectivity index (χ2v) is 6.34. The molecule has 0 saturated heterocycles. The lowest BCUT2D eigenvalue weighted by Crippen LogP contribution is -2.50. The Morgan fingerprint density at radius 1 is 1.55 bits per heavy atom. The minimum Gasteiger partial charge on any atom is -0.481 e. The fourth-order valence-corrected chi connectivity index (χ4v) is 3.41. The van der Waals surface area contributed by atoms with E-state index in [2.05, 4.69) is 10.6 Å². The molecule has 20 heavy (non-hydrogen) atoms. The van der Waals surface area contributed by atoms with Crippen molar-refractivity contribution in [2.24, 2.45) is 5.41 Å². The lowest BCUT2D eigenvalue weighted by atomic mass is 9.85. The van der Waals surface area contributed by atoms with Crippen LogP contribution < -0.4 is 10.6 Å². The van der Waals surface area contributed by atoms with Gasteiger partial charge in [-0.2, -0.15) is 11.3 Å². The van der Waals surface area contributed by atoms with Gasteiger partial charge < -0.3 is 15.7 Å². The van der Waals surface area contributed by atoms with Gasteiger partial charge in [0.25, 0.3) is 0 Å². The topological polar surface area (TPSA) is 78.4 Å². The minimum absolute atomic E-state index is 0.0845. The number of carboxylic acids is 1. The number of urea groups is 1. The van der Waals surface area contributed by atoms with Crippen LogP contribution in [-0.4, -0.2) is 23.1 Å². The Morgan fingerprint density at radius 3 is 2.90 bits per heavy atom. The number of rotatable bonds is 4. The van der Waals surface area contributed by atoms with Crippen molar-refractivity contribution in [2.75, 3.05) is 0 Å². The van der Waals surface area contributed by atoms with Crippen LogP contribution in [-0.2, 0) is 4.79 Å². The molecule has 1 heterocycles. The SMILES string of the molecule is CC(NC(=O)NC1CCCC1(C)C(=O)O)c1ccsc1. The maximum Gasteiger partial charge on any atom is 0.315 e. The quantitative estimate of drug-likeness (QED) is 0.799. The van der Waals surface area contributed by atoms with Crippen LogP contribution in [0.4, 0.5) is 4.79 Å². The summed E-state index contributed by atoms with van der Waals surface area (Å²) in [5.74, 6) is -0.841. The third-order valence-electron chi connectivity index (χ3n) is 4.14. The minimum atomic E-state index is -0.858. The van der Waals surface area contributed by atoms with Crippen molar-refractivity contribution in [3.05, 3.63) is 22.4 Å². The molecule has 3 unspecified atom stereocenters. The number of amides is 2. The predicted octanol–water partition coefficient (Wildman–Crippen LogP) is 2.75. The average Bonchev–Trinajstić information content (AvgIpc) is 3.00. The van der Waals surface area contributed by atoms with Gasteiger partial charge in [-0.15, -0.1) is 0 Å². The molecule has 3 atom stereocenters. The molecule has 1 fully saturated rings. The summed E-state index contributed by atoms with van der Waals surface area (Å²) in [7, 11) is 0. The van der Waals surface area contributed by atoms with E-state index in [4.69, 9.17) is 0 Å². The summed E-state index contributed by atoms with van der Waals surface area (Å²) in [6.45, 7) is 3.61. The molecule has 2 amide bonds. The first-order chi connectivity index (χ1) is 9.43. The van der Waals surface area contributed by atoms with Crippen LogP contribution in [0.1, 0.15) is 44.7 Å². The van der Waals surface area contributed by atoms with E-state index in [0.29, 0.717) is 12.8 Å². The van der Waals surface area contributed by atoms with Gasteiger partial charge in [-0.3, -0.25) is 4.79 Å². The molecule has 2 rings (SSSR count). The zero-order valence-corrected chi connectivity index (χ0v) is 12.5. The normalized spacial score (nSPS) is 27.0. The monoisotopic (exact) mass is 296 g/mol. The number of hydrogen-bond donors (Lipinski definition) is 3. The zero-order chi connectivity index (χ0) is 14.8. The van der Waals surface area contributed by atoms with Crippen molar-refractivity contribution in [1.82, 2.24) is 10.6 Å². The molecule has 3 N–H and O–H groups in total. The number of nitrogens with one attached hydrogen (secondary N) is 2. The largest absolute Gasteiger partial charge is 0.481 e. The number of carbonyl (C=O) groups excluding carboxylic acids is 1. The third-order valence-corrected chi connectivity index (χ3v) is 4.84. The molecular weight excluding hydrogens is 276 g/mol. The van der Waals surface area contributed by atoms with Gasteiger partial charge in [0.2, 0.25) is 0 Å². The number of hydrogen-bond acceptors (Lipinski definition) is 3. The first kappa shape index (κ1) is 14.8. The van der Waals surface area contributed by atoms with Crippen LogP contribution in [0, 0.1) is 5.41 Å². The van der Waals surface area contributed by atoms with Crippen LogP contribution in [0.5, 0.6) is 0 Å². The highest BCUT2D eigenvalue weighted by atomic mass is 32.1. The first-order valence-electron chi connectivity index (χ1n) is 6.76.